The second-order valence-electron chi connectivity index (χ2n) is 32.2. The van der Waals surface area contributed by atoms with Crippen molar-refractivity contribution in [1.82, 2.24) is 9.80 Å². The van der Waals surface area contributed by atoms with Gasteiger partial charge in [0.05, 0.1) is 0 Å². The molecule has 0 amide bonds. The second kappa shape index (κ2) is 24.1. The number of unbranched alkanes of at least 4 members (excludes halogenated alkanes) is 2. The summed E-state index contributed by atoms with van der Waals surface area (Å²) in [6.07, 6.45) is 55.1. The van der Waals surface area contributed by atoms with E-state index in [-0.39, 0.29) is 0 Å². The van der Waals surface area contributed by atoms with Crippen LogP contribution in [0.2, 0.25) is 0 Å². The zero-order valence-electron chi connectivity index (χ0n) is 50.1. The molecule has 0 saturated heterocycles. The molecular weight excluding hydrogens is 869 g/mol. The van der Waals surface area contributed by atoms with Crippen LogP contribution in [-0.4, -0.2) is 46.1 Å². The molecule has 0 aliphatic heterocycles. The summed E-state index contributed by atoms with van der Waals surface area (Å²) in [7, 11) is 0. The highest BCUT2D eigenvalue weighted by molar-refractivity contribution is 5.14. The van der Waals surface area contributed by atoms with Gasteiger partial charge in [0.15, 0.2) is 0 Å². The van der Waals surface area contributed by atoms with Crippen molar-refractivity contribution in [2.75, 3.05) is 0 Å². The lowest BCUT2D eigenvalue weighted by Gasteiger charge is -2.68. The van der Waals surface area contributed by atoms with Gasteiger partial charge < -0.3 is 0 Å². The second-order valence-corrected chi connectivity index (χ2v) is 32.2. The third-order valence-corrected chi connectivity index (χ3v) is 26.4. The fourth-order valence-electron chi connectivity index (χ4n) is 22.3. The number of hydrogen-bond acceptors (Lipinski definition) is 2. The van der Waals surface area contributed by atoms with Crippen LogP contribution in [-0.2, 0) is 0 Å². The summed E-state index contributed by atoms with van der Waals surface area (Å²) < 4.78 is 0. The minimum absolute atomic E-state index is 0.472. The first-order valence-electron chi connectivity index (χ1n) is 34.2. The Morgan fingerprint density at radius 3 is 0.944 bits per heavy atom. The summed E-state index contributed by atoms with van der Waals surface area (Å²) in [6, 6.07) is 5.24. The molecule has 10 atom stereocenters. The van der Waals surface area contributed by atoms with Crippen LogP contribution in [0.15, 0.2) is 0 Å². The van der Waals surface area contributed by atoms with Gasteiger partial charge in [-0.1, -0.05) is 108 Å². The molecule has 0 aromatic rings. The van der Waals surface area contributed by atoms with Crippen molar-refractivity contribution in [2.24, 2.45) is 106 Å². The maximum Gasteiger partial charge on any atom is 0.0135 e. The molecule has 10 unspecified atom stereocenters. The van der Waals surface area contributed by atoms with Gasteiger partial charge in [0.25, 0.3) is 0 Å². The van der Waals surface area contributed by atoms with Crippen LogP contribution in [0.4, 0.5) is 0 Å². The van der Waals surface area contributed by atoms with Gasteiger partial charge >= 0.3 is 0 Å². The van der Waals surface area contributed by atoms with Gasteiger partial charge in [0.2, 0.25) is 0 Å². The van der Waals surface area contributed by atoms with Gasteiger partial charge in [-0.2, -0.15) is 0 Å². The summed E-state index contributed by atoms with van der Waals surface area (Å²) in [5, 5.41) is 0. The average Bonchev–Trinajstić information content (AvgIpc) is 3.38. The zero-order valence-corrected chi connectivity index (χ0v) is 50.1. The van der Waals surface area contributed by atoms with Crippen molar-refractivity contribution >= 4 is 0 Å². The molecule has 2 heteroatoms. The monoisotopic (exact) mass is 993 g/mol. The molecule has 10 aliphatic carbocycles. The first-order chi connectivity index (χ1) is 34.7. The predicted octanol–water partition coefficient (Wildman–Crippen LogP) is 20.0. The van der Waals surface area contributed by atoms with E-state index < -0.39 is 0 Å². The van der Waals surface area contributed by atoms with E-state index in [0.717, 1.165) is 131 Å². The van der Waals surface area contributed by atoms with E-state index in [0.29, 0.717) is 10.8 Å². The Kier molecular flexibility index (Phi) is 18.5. The lowest BCUT2D eigenvalue weighted by atomic mass is 9.41. The molecule has 414 valence electrons. The summed E-state index contributed by atoms with van der Waals surface area (Å²) in [4.78, 5) is 7.11. The van der Waals surface area contributed by atoms with Crippen molar-refractivity contribution in [3.05, 3.63) is 0 Å². The van der Waals surface area contributed by atoms with Crippen molar-refractivity contribution < 1.29 is 0 Å². The summed E-state index contributed by atoms with van der Waals surface area (Å²) in [6.45, 7) is 25.6. The SMILES string of the molecule is CCCCC1CCC(N(C2CCC(C)CC2)C2CC(C3CCC(C(C)(C)C)CC3)C3CCC4C5C(CCC2C35)C(C2CCC(C(C)(C)C)CC2)CC4N(C2CCC(C)CC2)C2CCC(CCCC)CC2)CC1. The van der Waals surface area contributed by atoms with Crippen molar-refractivity contribution in [3.63, 3.8) is 0 Å². The Bertz CT molecular complexity index is 1480. The van der Waals surface area contributed by atoms with Crippen LogP contribution in [0.1, 0.15) is 300 Å². The van der Waals surface area contributed by atoms with Crippen molar-refractivity contribution in [3.8, 4) is 0 Å². The molecule has 0 aromatic heterocycles. The largest absolute Gasteiger partial charge is 0.294 e. The Morgan fingerprint density at radius 1 is 0.333 bits per heavy atom. The Morgan fingerprint density at radius 2 is 0.639 bits per heavy atom. The fourth-order valence-corrected chi connectivity index (χ4v) is 22.3. The van der Waals surface area contributed by atoms with E-state index in [1.54, 1.807) is 64.2 Å². The summed E-state index contributed by atoms with van der Waals surface area (Å²) in [5.41, 5.74) is 0.944. The molecule has 0 aromatic carbocycles. The maximum atomic E-state index is 3.55. The summed E-state index contributed by atoms with van der Waals surface area (Å²) in [5.74, 6) is 15.8. The van der Waals surface area contributed by atoms with Crippen LogP contribution >= 0.6 is 0 Å². The summed E-state index contributed by atoms with van der Waals surface area (Å²) >= 11 is 0. The third kappa shape index (κ3) is 12.1. The standard InChI is InChI=1S/C70H124N2/c1-11-13-15-49-21-37-57(38-22-49)71(55-33-17-47(3)18-34-55)65-45-63(51-25-29-53(30-26-51)69(5,6)7)59-42-44-62-66(72(56-35-19-48(4)20-36-56)58-39-23-50(24-40-58)16-14-12-2)46-64(60-41-43-61(65)67(59)68(60)62)52-27-31-54(32-28-52)70(8,9)10/h47-68H,11-46H2,1-10H3. The highest BCUT2D eigenvalue weighted by Gasteiger charge is 2.63. The van der Waals surface area contributed by atoms with E-state index in [9.17, 15) is 0 Å². The van der Waals surface area contributed by atoms with Crippen LogP contribution in [0.5, 0.6) is 0 Å². The molecule has 0 spiro atoms. The van der Waals surface area contributed by atoms with E-state index in [2.05, 4.69) is 79.0 Å². The van der Waals surface area contributed by atoms with Crippen LogP contribution in [0.25, 0.3) is 0 Å². The molecule has 10 rings (SSSR count). The minimum Gasteiger partial charge on any atom is -0.294 e. The molecule has 10 aliphatic rings. The molecular formula is C70H124N2. The molecule has 0 N–H and O–H groups in total. The fraction of sp³-hybridized carbons (Fsp3) is 1.00. The van der Waals surface area contributed by atoms with E-state index in [1.165, 1.54) is 167 Å². The Balaban J connectivity index is 1.03. The van der Waals surface area contributed by atoms with Crippen LogP contribution in [0, 0.1) is 106 Å². The van der Waals surface area contributed by atoms with Crippen molar-refractivity contribution in [1.29, 1.82) is 0 Å². The van der Waals surface area contributed by atoms with Gasteiger partial charge in [-0.25, -0.2) is 0 Å². The maximum absolute atomic E-state index is 3.55. The molecule has 10 fully saturated rings. The molecule has 2 nitrogen and oxygen atoms in total. The quantitative estimate of drug-likeness (QED) is 0.171. The van der Waals surface area contributed by atoms with E-state index >= 15 is 0 Å². The Labute approximate surface area is 449 Å². The van der Waals surface area contributed by atoms with Gasteiger partial charge in [-0.05, 0) is 298 Å². The smallest absolute Gasteiger partial charge is 0.0135 e. The number of hydrogen-bond donors (Lipinski definition) is 0. The zero-order chi connectivity index (χ0) is 50.3. The highest BCUT2D eigenvalue weighted by atomic mass is 15.2. The molecule has 10 saturated carbocycles. The molecule has 0 heterocycles. The predicted molar refractivity (Wildman–Crippen MR) is 310 cm³/mol. The van der Waals surface area contributed by atoms with Gasteiger partial charge in [0.1, 0.15) is 0 Å². The first kappa shape index (κ1) is 55.2. The topological polar surface area (TPSA) is 6.48 Å². The van der Waals surface area contributed by atoms with Crippen LogP contribution in [0.3, 0.4) is 0 Å². The highest BCUT2D eigenvalue weighted by Crippen LogP contribution is 2.67. The average molecular weight is 994 g/mol. The Hall–Kier alpha value is -0.0800. The minimum atomic E-state index is 0.472. The molecule has 72 heavy (non-hydrogen) atoms. The van der Waals surface area contributed by atoms with Crippen molar-refractivity contribution in [2.45, 2.75) is 337 Å². The lowest BCUT2D eigenvalue weighted by molar-refractivity contribution is -0.190. The van der Waals surface area contributed by atoms with Crippen LogP contribution < -0.4 is 0 Å². The first-order valence-corrected chi connectivity index (χ1v) is 34.2. The van der Waals surface area contributed by atoms with Gasteiger partial charge in [-0.3, -0.25) is 9.80 Å². The lowest BCUT2D eigenvalue weighted by Crippen LogP contribution is -2.67. The normalized spacial score (nSPS) is 46.5. The van der Waals surface area contributed by atoms with Gasteiger partial charge in [0, 0.05) is 36.3 Å². The number of nitrogens with zero attached hydrogens (tertiary/aromatic N) is 2. The molecule has 0 bridgehead atoms. The van der Waals surface area contributed by atoms with E-state index in [4.69, 9.17) is 0 Å². The van der Waals surface area contributed by atoms with E-state index in [1.807, 2.05) is 0 Å². The number of rotatable bonds is 14. The third-order valence-electron chi connectivity index (χ3n) is 26.4. The van der Waals surface area contributed by atoms with Gasteiger partial charge in [-0.15, -0.1) is 0 Å². The molecule has 0 radical (unpaired) electrons.